The Hall–Kier alpha value is -1.93. The molecule has 0 heterocycles. The van der Waals surface area contributed by atoms with Crippen LogP contribution in [0.2, 0.25) is 0 Å². The lowest BCUT2D eigenvalue weighted by Gasteiger charge is -2.41. The molecule has 10 nitrogen and oxygen atoms in total. The summed E-state index contributed by atoms with van der Waals surface area (Å²) in [5.41, 5.74) is 1.03. The average molecular weight is 715 g/mol. The van der Waals surface area contributed by atoms with E-state index in [0.717, 1.165) is 6.42 Å². The number of aliphatic hydroxyl groups is 3. The van der Waals surface area contributed by atoms with Gasteiger partial charge in [0.1, 0.15) is 12.2 Å². The first-order valence-corrected chi connectivity index (χ1v) is 16.6. The van der Waals surface area contributed by atoms with Gasteiger partial charge in [0.25, 0.3) is 0 Å². The predicted octanol–water partition coefficient (Wildman–Crippen LogP) is 3.18. The lowest BCUT2D eigenvalue weighted by Crippen LogP contribution is -2.55. The number of ether oxygens (including phenoxy) is 3. The number of hydrogen-bond donors (Lipinski definition) is 4. The molecule has 3 aliphatic carbocycles. The minimum atomic E-state index is -1.12. The second-order valence-corrected chi connectivity index (χ2v) is 13.4. The first-order valence-electron chi connectivity index (χ1n) is 15.5. The molecule has 4 rings (SSSR count). The van der Waals surface area contributed by atoms with Crippen LogP contribution in [-0.4, -0.2) is 89.8 Å². The predicted molar refractivity (Wildman–Crippen MR) is 170 cm³/mol. The van der Waals surface area contributed by atoms with Crippen molar-refractivity contribution in [2.24, 2.45) is 17.8 Å². The minimum Gasteiger partial charge on any atom is -0.493 e. The molecule has 0 aromatic heterocycles. The molecule has 1 aromatic carbocycles. The third-order valence-corrected chi connectivity index (χ3v) is 9.78. The van der Waals surface area contributed by atoms with Crippen LogP contribution < -0.4 is 14.8 Å². The third kappa shape index (κ3) is 8.62. The third-order valence-electron chi connectivity index (χ3n) is 8.98. The van der Waals surface area contributed by atoms with Crippen molar-refractivity contribution in [3.8, 4) is 11.5 Å². The number of amides is 2. The Kier molecular flexibility index (Phi) is 12.5. The zero-order valence-electron chi connectivity index (χ0n) is 25.5. The summed E-state index contributed by atoms with van der Waals surface area (Å²) in [7, 11) is 1.50. The largest absolute Gasteiger partial charge is 0.493 e. The van der Waals surface area contributed by atoms with Crippen molar-refractivity contribution in [3.05, 3.63) is 32.9 Å². The summed E-state index contributed by atoms with van der Waals surface area (Å²) in [6.07, 6.45) is 5.49. The van der Waals surface area contributed by atoms with Gasteiger partial charge in [0, 0.05) is 38.1 Å². The lowest BCUT2D eigenvalue weighted by atomic mass is 9.84. The molecule has 4 N–H and O–H groups in total. The fourth-order valence-corrected chi connectivity index (χ4v) is 7.68. The molecule has 6 atom stereocenters. The molecule has 1 aromatic rings. The Morgan fingerprint density at radius 2 is 1.98 bits per heavy atom. The summed E-state index contributed by atoms with van der Waals surface area (Å²) >= 11 is 2.09. The highest BCUT2D eigenvalue weighted by atomic mass is 127. The van der Waals surface area contributed by atoms with Crippen LogP contribution in [0.25, 0.3) is 0 Å². The van der Waals surface area contributed by atoms with Crippen molar-refractivity contribution in [1.82, 2.24) is 10.2 Å². The van der Waals surface area contributed by atoms with Crippen molar-refractivity contribution in [2.75, 3.05) is 33.4 Å². The van der Waals surface area contributed by atoms with Crippen LogP contribution >= 0.6 is 22.6 Å². The molecular weight excluding hydrogens is 667 g/mol. The molecule has 2 fully saturated rings. The zero-order chi connectivity index (χ0) is 31.1. The SMILES string of the molecule is COc1cc(CO)cc(I)c1O[C@H]1C=C(C(=O)NCCO)C[C@@H](N(CCCOC(C)C)C(=O)CC2CC3CCC2C3)[C@@H]1O. The van der Waals surface area contributed by atoms with E-state index in [0.29, 0.717) is 70.0 Å². The van der Waals surface area contributed by atoms with E-state index in [1.807, 2.05) is 13.8 Å². The molecule has 240 valence electrons. The van der Waals surface area contributed by atoms with Crippen LogP contribution in [0, 0.1) is 21.3 Å². The lowest BCUT2D eigenvalue weighted by molar-refractivity contribution is -0.140. The number of carbonyl (C=O) groups excluding carboxylic acids is 2. The van der Waals surface area contributed by atoms with Gasteiger partial charge in [-0.2, -0.15) is 0 Å². The molecule has 2 bridgehead atoms. The van der Waals surface area contributed by atoms with Crippen molar-refractivity contribution < 1.29 is 39.1 Å². The Bertz CT molecular complexity index is 1140. The summed E-state index contributed by atoms with van der Waals surface area (Å²) in [6, 6.07) is 2.74. The van der Waals surface area contributed by atoms with E-state index in [-0.39, 0.29) is 44.1 Å². The molecule has 2 amide bonds. The Morgan fingerprint density at radius 3 is 2.60 bits per heavy atom. The first-order chi connectivity index (χ1) is 20.6. The standard InChI is InChI=1S/C32H47IN2O8/c1-19(2)42-10-4-8-35(29(38)17-23-12-20-5-6-22(23)11-20)26-15-24(32(40)34-7-9-36)16-27(30(26)39)43-31-25(33)13-21(18-37)14-28(31)41-3/h13-14,16,19-20,22-23,26-27,30,36-37,39H,4-12,15,17-18H2,1-3H3,(H,34,40)/t20?,22?,23?,26-,27+,30+/m1/s1. The Labute approximate surface area is 268 Å². The first kappa shape index (κ1) is 34.0. The molecule has 0 aliphatic heterocycles. The van der Waals surface area contributed by atoms with E-state index >= 15 is 0 Å². The number of aliphatic hydroxyl groups excluding tert-OH is 3. The van der Waals surface area contributed by atoms with Gasteiger partial charge >= 0.3 is 0 Å². The van der Waals surface area contributed by atoms with E-state index in [9.17, 15) is 24.9 Å². The fraction of sp³-hybridized carbons (Fsp3) is 0.688. The monoisotopic (exact) mass is 714 g/mol. The number of hydrogen-bond acceptors (Lipinski definition) is 8. The summed E-state index contributed by atoms with van der Waals surface area (Å²) in [5.74, 6) is 2.03. The molecule has 0 radical (unpaired) electrons. The van der Waals surface area contributed by atoms with Crippen LogP contribution in [0.15, 0.2) is 23.8 Å². The van der Waals surface area contributed by atoms with E-state index < -0.39 is 18.2 Å². The molecular formula is C32H47IN2O8. The maximum atomic E-state index is 14.0. The van der Waals surface area contributed by atoms with Crippen molar-refractivity contribution in [1.29, 1.82) is 0 Å². The molecule has 3 unspecified atom stereocenters. The summed E-state index contributed by atoms with van der Waals surface area (Å²) in [4.78, 5) is 28.9. The van der Waals surface area contributed by atoms with Crippen LogP contribution in [0.3, 0.4) is 0 Å². The maximum absolute atomic E-state index is 14.0. The van der Waals surface area contributed by atoms with E-state index in [4.69, 9.17) is 14.2 Å². The van der Waals surface area contributed by atoms with Crippen molar-refractivity contribution >= 4 is 34.4 Å². The number of methoxy groups -OCH3 is 1. The van der Waals surface area contributed by atoms with Gasteiger partial charge in [-0.3, -0.25) is 9.59 Å². The second kappa shape index (κ2) is 15.9. The number of benzene rings is 1. The molecule has 3 aliphatic rings. The van der Waals surface area contributed by atoms with Crippen LogP contribution in [0.5, 0.6) is 11.5 Å². The number of carbonyl (C=O) groups is 2. The van der Waals surface area contributed by atoms with Gasteiger partial charge in [-0.05, 0) is 104 Å². The smallest absolute Gasteiger partial charge is 0.247 e. The van der Waals surface area contributed by atoms with Gasteiger partial charge in [0.15, 0.2) is 11.5 Å². The van der Waals surface area contributed by atoms with Gasteiger partial charge in [-0.1, -0.05) is 6.42 Å². The number of fused-ring (bicyclic) bond motifs is 2. The molecule has 2 saturated carbocycles. The maximum Gasteiger partial charge on any atom is 0.247 e. The summed E-state index contributed by atoms with van der Waals surface area (Å²) in [6.45, 7) is 4.51. The van der Waals surface area contributed by atoms with Gasteiger partial charge in [-0.15, -0.1) is 0 Å². The van der Waals surface area contributed by atoms with Crippen LogP contribution in [0.1, 0.15) is 64.4 Å². The topological polar surface area (TPSA) is 138 Å². The zero-order valence-corrected chi connectivity index (χ0v) is 27.6. The van der Waals surface area contributed by atoms with E-state index in [1.165, 1.54) is 26.4 Å². The van der Waals surface area contributed by atoms with E-state index in [1.54, 1.807) is 23.1 Å². The summed E-state index contributed by atoms with van der Waals surface area (Å²) in [5, 5.41) is 33.4. The molecule has 43 heavy (non-hydrogen) atoms. The minimum absolute atomic E-state index is 0.0126. The normalized spacial score (nSPS) is 26.4. The van der Waals surface area contributed by atoms with E-state index in [2.05, 4.69) is 27.9 Å². The van der Waals surface area contributed by atoms with Gasteiger partial charge in [0.05, 0.1) is 36.0 Å². The number of nitrogens with zero attached hydrogens (tertiary/aromatic N) is 1. The Balaban J connectivity index is 1.63. The van der Waals surface area contributed by atoms with Crippen molar-refractivity contribution in [2.45, 2.75) is 89.8 Å². The molecule has 0 saturated heterocycles. The quantitative estimate of drug-likeness (QED) is 0.161. The second-order valence-electron chi connectivity index (χ2n) is 12.3. The number of nitrogens with one attached hydrogen (secondary N) is 1. The van der Waals surface area contributed by atoms with Gasteiger partial charge < -0.3 is 39.7 Å². The average Bonchev–Trinajstić information content (AvgIpc) is 3.61. The number of halogens is 1. The fourth-order valence-electron chi connectivity index (χ4n) is 6.89. The highest BCUT2D eigenvalue weighted by Crippen LogP contribution is 2.50. The number of rotatable bonds is 15. The van der Waals surface area contributed by atoms with Gasteiger partial charge in [-0.25, -0.2) is 0 Å². The van der Waals surface area contributed by atoms with Crippen molar-refractivity contribution in [3.63, 3.8) is 0 Å². The molecule has 11 heteroatoms. The molecule has 0 spiro atoms. The summed E-state index contributed by atoms with van der Waals surface area (Å²) < 4.78 is 18.3. The van der Waals surface area contributed by atoms with Gasteiger partial charge in [0.2, 0.25) is 11.8 Å². The Morgan fingerprint density at radius 1 is 1.19 bits per heavy atom. The van der Waals surface area contributed by atoms with Crippen LogP contribution in [0.4, 0.5) is 0 Å². The van der Waals surface area contributed by atoms with Crippen LogP contribution in [-0.2, 0) is 20.9 Å². The highest BCUT2D eigenvalue weighted by molar-refractivity contribution is 14.1. The highest BCUT2D eigenvalue weighted by Gasteiger charge is 2.44.